The number of benzene rings is 1. The molecule has 0 spiro atoms. The van der Waals surface area contributed by atoms with Gasteiger partial charge < -0.3 is 9.80 Å². The van der Waals surface area contributed by atoms with Crippen LogP contribution in [0.5, 0.6) is 0 Å². The Hall–Kier alpha value is -1.87. The smallest absolute Gasteiger partial charge is 0.352 e. The van der Waals surface area contributed by atoms with Crippen LogP contribution in [0.4, 0.5) is 23.4 Å². The highest BCUT2D eigenvalue weighted by atomic mass is 79.9. The summed E-state index contributed by atoms with van der Waals surface area (Å²) in [5.41, 5.74) is -0.568. The van der Waals surface area contributed by atoms with Crippen molar-refractivity contribution in [3.05, 3.63) is 56.9 Å². The van der Waals surface area contributed by atoms with Crippen LogP contribution in [0, 0.1) is 5.82 Å². The molecule has 0 bridgehead atoms. The summed E-state index contributed by atoms with van der Waals surface area (Å²) in [6, 6.07) is 4.68. The van der Waals surface area contributed by atoms with Crippen molar-refractivity contribution < 1.29 is 22.4 Å². The van der Waals surface area contributed by atoms with E-state index in [2.05, 4.69) is 20.9 Å². The highest BCUT2D eigenvalue weighted by Crippen LogP contribution is 2.33. The normalized spacial score (nSPS) is 15.2. The number of amides is 1. The fraction of sp³-hybridized carbons (Fsp3) is 0.294. The van der Waals surface area contributed by atoms with Crippen LogP contribution in [0.15, 0.2) is 34.9 Å². The van der Waals surface area contributed by atoms with E-state index in [0.29, 0.717) is 36.2 Å². The number of halogens is 6. The molecule has 1 aliphatic heterocycles. The number of alkyl halides is 3. The number of aromatic nitrogens is 1. The molecule has 0 unspecified atom stereocenters. The van der Waals surface area contributed by atoms with Crippen molar-refractivity contribution in [2.24, 2.45) is 0 Å². The molecule has 3 rings (SSSR count). The summed E-state index contributed by atoms with van der Waals surface area (Å²) in [5.74, 6) is -0.459. The van der Waals surface area contributed by atoms with Gasteiger partial charge in [-0.25, -0.2) is 9.37 Å². The SMILES string of the molecule is O=C(c1ccc(F)cc1Br)N1CCN(c2ncc(C(F)(F)F)cc2Cl)CC1. The molecule has 2 aromatic rings. The molecule has 0 atom stereocenters. The number of carbonyl (C=O) groups excluding carboxylic acids is 1. The van der Waals surface area contributed by atoms with E-state index >= 15 is 0 Å². The zero-order valence-corrected chi connectivity index (χ0v) is 16.1. The number of pyridine rings is 1. The van der Waals surface area contributed by atoms with Crippen LogP contribution in [-0.4, -0.2) is 42.0 Å². The topological polar surface area (TPSA) is 36.4 Å². The molecule has 4 nitrogen and oxygen atoms in total. The van der Waals surface area contributed by atoms with E-state index in [0.717, 1.165) is 12.3 Å². The molecule has 10 heteroatoms. The van der Waals surface area contributed by atoms with Crippen LogP contribution < -0.4 is 4.90 Å². The van der Waals surface area contributed by atoms with Gasteiger partial charge in [0.05, 0.1) is 16.1 Å². The van der Waals surface area contributed by atoms with Crippen molar-refractivity contribution >= 4 is 39.3 Å². The molecule has 144 valence electrons. The lowest BCUT2D eigenvalue weighted by Crippen LogP contribution is -2.49. The van der Waals surface area contributed by atoms with Crippen LogP contribution in [-0.2, 0) is 6.18 Å². The maximum absolute atomic E-state index is 13.2. The Morgan fingerprint density at radius 1 is 1.15 bits per heavy atom. The third-order valence-corrected chi connectivity index (χ3v) is 5.11. The molecule has 1 aromatic carbocycles. The van der Waals surface area contributed by atoms with Gasteiger partial charge in [-0.15, -0.1) is 0 Å². The summed E-state index contributed by atoms with van der Waals surface area (Å²) in [6.45, 7) is 1.40. The van der Waals surface area contributed by atoms with E-state index in [9.17, 15) is 22.4 Å². The Balaban J connectivity index is 1.69. The van der Waals surface area contributed by atoms with Gasteiger partial charge in [0, 0.05) is 36.8 Å². The molecule has 2 heterocycles. The number of carbonyl (C=O) groups is 1. The molecule has 1 fully saturated rings. The third-order valence-electron chi connectivity index (χ3n) is 4.18. The van der Waals surface area contributed by atoms with E-state index in [-0.39, 0.29) is 16.7 Å². The highest BCUT2D eigenvalue weighted by Gasteiger charge is 2.32. The molecule has 0 N–H and O–H groups in total. The van der Waals surface area contributed by atoms with Gasteiger partial charge in [-0.1, -0.05) is 11.6 Å². The second kappa shape index (κ2) is 7.63. The monoisotopic (exact) mass is 465 g/mol. The third kappa shape index (κ3) is 4.35. The Morgan fingerprint density at radius 2 is 1.81 bits per heavy atom. The largest absolute Gasteiger partial charge is 0.417 e. The second-order valence-electron chi connectivity index (χ2n) is 5.93. The Bertz CT molecular complexity index is 870. The molecule has 0 radical (unpaired) electrons. The first-order valence-corrected chi connectivity index (χ1v) is 9.06. The van der Waals surface area contributed by atoms with Crippen molar-refractivity contribution in [1.29, 1.82) is 0 Å². The molecule has 1 saturated heterocycles. The van der Waals surface area contributed by atoms with Gasteiger partial charge >= 0.3 is 6.18 Å². The van der Waals surface area contributed by atoms with Gasteiger partial charge in [0.1, 0.15) is 11.6 Å². The highest BCUT2D eigenvalue weighted by molar-refractivity contribution is 9.10. The first kappa shape index (κ1) is 19.9. The minimum absolute atomic E-state index is 0.0918. The van der Waals surface area contributed by atoms with Crippen molar-refractivity contribution in [1.82, 2.24) is 9.88 Å². The van der Waals surface area contributed by atoms with Crippen LogP contribution in [0.25, 0.3) is 0 Å². The number of anilines is 1. The number of nitrogens with zero attached hydrogens (tertiary/aromatic N) is 3. The van der Waals surface area contributed by atoms with Gasteiger partial charge in [-0.3, -0.25) is 4.79 Å². The van der Waals surface area contributed by atoms with Gasteiger partial charge in [-0.2, -0.15) is 13.2 Å². The lowest BCUT2D eigenvalue weighted by molar-refractivity contribution is -0.137. The maximum atomic E-state index is 13.2. The van der Waals surface area contributed by atoms with Crippen molar-refractivity contribution in [3.63, 3.8) is 0 Å². The minimum atomic E-state index is -4.51. The number of rotatable bonds is 2. The van der Waals surface area contributed by atoms with Crippen molar-refractivity contribution in [2.75, 3.05) is 31.1 Å². The van der Waals surface area contributed by atoms with Gasteiger partial charge in [0.15, 0.2) is 0 Å². The average molecular weight is 467 g/mol. The predicted octanol–water partition coefficient (Wildman–Crippen LogP) is 4.62. The van der Waals surface area contributed by atoms with Gasteiger partial charge in [0.2, 0.25) is 0 Å². The molecular weight excluding hydrogens is 454 g/mol. The summed E-state index contributed by atoms with van der Waals surface area (Å²) < 4.78 is 51.7. The number of hydrogen-bond acceptors (Lipinski definition) is 3. The predicted molar refractivity (Wildman–Crippen MR) is 96.5 cm³/mol. The van der Waals surface area contributed by atoms with Crippen LogP contribution in [0.3, 0.4) is 0 Å². The lowest BCUT2D eigenvalue weighted by Gasteiger charge is -2.36. The van der Waals surface area contributed by atoms with E-state index in [4.69, 9.17) is 11.6 Å². The van der Waals surface area contributed by atoms with Crippen LogP contribution in [0.1, 0.15) is 15.9 Å². The zero-order valence-electron chi connectivity index (χ0n) is 13.7. The standard InChI is InChI=1S/C17H13BrClF4N3O/c18-13-8-11(20)1-2-12(13)16(27)26-5-3-25(4-6-26)15-14(19)7-10(9-24-15)17(21,22)23/h1-2,7-9H,3-6H2. The van der Waals surface area contributed by atoms with Crippen molar-refractivity contribution in [3.8, 4) is 0 Å². The maximum Gasteiger partial charge on any atom is 0.417 e. The summed E-state index contributed by atoms with van der Waals surface area (Å²) in [4.78, 5) is 19.7. The molecule has 27 heavy (non-hydrogen) atoms. The fourth-order valence-corrected chi connectivity index (χ4v) is 3.58. The first-order chi connectivity index (χ1) is 12.7. The summed E-state index contributed by atoms with van der Waals surface area (Å²) >= 11 is 9.15. The Kier molecular flexibility index (Phi) is 5.62. The summed E-state index contributed by atoms with van der Waals surface area (Å²) in [7, 11) is 0. The van der Waals surface area contributed by atoms with Gasteiger partial charge in [-0.05, 0) is 40.2 Å². The molecule has 1 aliphatic rings. The first-order valence-electron chi connectivity index (χ1n) is 7.89. The van der Waals surface area contributed by atoms with E-state index in [1.165, 1.54) is 18.2 Å². The number of hydrogen-bond donors (Lipinski definition) is 0. The summed E-state index contributed by atoms with van der Waals surface area (Å²) in [5, 5.41) is -0.0918. The van der Waals surface area contributed by atoms with Crippen molar-refractivity contribution in [2.45, 2.75) is 6.18 Å². The fourth-order valence-electron chi connectivity index (χ4n) is 2.77. The quantitative estimate of drug-likeness (QED) is 0.606. The lowest BCUT2D eigenvalue weighted by atomic mass is 10.1. The zero-order chi connectivity index (χ0) is 19.8. The second-order valence-corrected chi connectivity index (χ2v) is 7.19. The molecule has 0 aliphatic carbocycles. The van der Waals surface area contributed by atoms with Gasteiger partial charge in [0.25, 0.3) is 5.91 Å². The Labute approximate surface area is 165 Å². The Morgan fingerprint density at radius 3 is 2.37 bits per heavy atom. The van der Waals surface area contributed by atoms with Crippen LogP contribution in [0.2, 0.25) is 5.02 Å². The minimum Gasteiger partial charge on any atom is -0.352 e. The van der Waals surface area contributed by atoms with E-state index < -0.39 is 17.6 Å². The molecular formula is C17H13BrClF4N3O. The van der Waals surface area contributed by atoms with Crippen LogP contribution >= 0.6 is 27.5 Å². The van der Waals surface area contributed by atoms with E-state index in [1.807, 2.05) is 0 Å². The molecule has 0 saturated carbocycles. The summed E-state index contributed by atoms with van der Waals surface area (Å²) in [6.07, 6.45) is -3.77. The molecule has 1 amide bonds. The molecule has 1 aromatic heterocycles. The van der Waals surface area contributed by atoms with E-state index in [1.54, 1.807) is 9.80 Å². The average Bonchev–Trinajstić information content (AvgIpc) is 2.60. The number of piperazine rings is 1.